The number of ketones is 1. The summed E-state index contributed by atoms with van der Waals surface area (Å²) in [6.45, 7) is -0.326. The number of phenolic OH excluding ortho intramolecular Hbond substituents is 3. The summed E-state index contributed by atoms with van der Waals surface area (Å²) in [5.74, 6) is -0.884. The Kier molecular flexibility index (Phi) is 5.51. The van der Waals surface area contributed by atoms with Gasteiger partial charge in [-0.25, -0.2) is 0 Å². The van der Waals surface area contributed by atoms with Gasteiger partial charge in [0, 0.05) is 12.1 Å². The quantitative estimate of drug-likeness (QED) is 0.344. The zero-order valence-corrected chi connectivity index (χ0v) is 19.0. The van der Waals surface area contributed by atoms with Crippen molar-refractivity contribution < 1.29 is 44.5 Å². The van der Waals surface area contributed by atoms with E-state index in [4.69, 9.17) is 14.2 Å². The van der Waals surface area contributed by atoms with Crippen molar-refractivity contribution in [1.29, 1.82) is 0 Å². The third-order valence-corrected chi connectivity index (χ3v) is 6.40. The lowest BCUT2D eigenvalue weighted by atomic mass is 9.92. The first kappa shape index (κ1) is 22.3. The number of Topliss-reactive ketones (excluding diaryl/α,β-unsaturated/α-hetero) is 1. The van der Waals surface area contributed by atoms with Gasteiger partial charge < -0.3 is 39.7 Å². The molecule has 2 heterocycles. The molecule has 2 aliphatic heterocycles. The molecule has 0 radical (unpaired) electrons. The number of hydrogen-bond acceptors (Lipinski definition) is 9. The lowest BCUT2D eigenvalue weighted by Gasteiger charge is -2.35. The molecule has 3 aromatic rings. The zero-order valence-electron chi connectivity index (χ0n) is 17.4. The smallest absolute Gasteiger partial charge is 0.202 e. The highest BCUT2D eigenvalue weighted by Crippen LogP contribution is 2.45. The Morgan fingerprint density at radius 3 is 2.24 bits per heavy atom. The van der Waals surface area contributed by atoms with E-state index >= 15 is 0 Å². The third kappa shape index (κ3) is 3.69. The Hall–Kier alpha value is -3.47. The molecule has 0 amide bonds. The molecule has 0 fully saturated rings. The Morgan fingerprint density at radius 1 is 0.794 bits per heavy atom. The number of rotatable bonds is 3. The number of fused-ring (bicyclic) bond motifs is 2. The second kappa shape index (κ2) is 8.39. The molecule has 9 nitrogen and oxygen atoms in total. The molecule has 176 valence electrons. The average molecular weight is 531 g/mol. The highest BCUT2D eigenvalue weighted by atomic mass is 79.9. The number of carbonyl (C=O) groups is 1. The minimum Gasteiger partial charge on any atom is -0.508 e. The Balaban J connectivity index is 1.50. The van der Waals surface area contributed by atoms with Crippen molar-refractivity contribution in [2.45, 2.75) is 24.4 Å². The molecule has 0 aliphatic carbocycles. The van der Waals surface area contributed by atoms with Gasteiger partial charge in [0.1, 0.15) is 28.6 Å². The van der Waals surface area contributed by atoms with Crippen molar-refractivity contribution in [3.8, 4) is 34.5 Å². The Labute approximate surface area is 201 Å². The zero-order chi connectivity index (χ0) is 24.1. The number of aromatic hydroxyl groups is 3. The summed E-state index contributed by atoms with van der Waals surface area (Å²) in [6.07, 6.45) is -4.17. The molecule has 0 spiro atoms. The van der Waals surface area contributed by atoms with Crippen molar-refractivity contribution in [3.05, 3.63) is 69.7 Å². The molecular formula is C24H19BrO9. The van der Waals surface area contributed by atoms with Crippen molar-refractivity contribution in [1.82, 2.24) is 0 Å². The van der Waals surface area contributed by atoms with E-state index < -0.39 is 35.9 Å². The number of phenols is 3. The molecule has 0 saturated carbocycles. The summed E-state index contributed by atoms with van der Waals surface area (Å²) < 4.78 is 18.3. The molecule has 0 saturated heterocycles. The van der Waals surface area contributed by atoms with Crippen LogP contribution in [0.5, 0.6) is 34.5 Å². The lowest BCUT2D eigenvalue weighted by Crippen LogP contribution is -2.37. The van der Waals surface area contributed by atoms with Crippen LogP contribution in [0.25, 0.3) is 0 Å². The minimum absolute atomic E-state index is 0.0502. The number of carbonyl (C=O) groups excluding carboxylic acids is 1. The molecule has 3 aromatic carbocycles. The summed E-state index contributed by atoms with van der Waals surface area (Å²) in [5, 5.41) is 50.0. The fraction of sp³-hybridized carbons (Fsp3) is 0.208. The maximum Gasteiger partial charge on any atom is 0.202 e. The number of ether oxygens (including phenoxy) is 3. The van der Waals surface area contributed by atoms with Gasteiger partial charge in [-0.2, -0.15) is 0 Å². The van der Waals surface area contributed by atoms with Gasteiger partial charge in [-0.3, -0.25) is 4.79 Å². The Bertz CT molecular complexity index is 1290. The van der Waals surface area contributed by atoms with Crippen LogP contribution < -0.4 is 14.2 Å². The van der Waals surface area contributed by atoms with Crippen LogP contribution in [0.3, 0.4) is 0 Å². The molecule has 34 heavy (non-hydrogen) atoms. The number of aliphatic hydroxyl groups is 2. The van der Waals surface area contributed by atoms with E-state index in [0.29, 0.717) is 27.1 Å². The normalized spacial score (nSPS) is 23.2. The summed E-state index contributed by atoms with van der Waals surface area (Å²) in [4.78, 5) is 12.7. The first-order chi connectivity index (χ1) is 16.3. The number of benzene rings is 3. The van der Waals surface area contributed by atoms with Gasteiger partial charge >= 0.3 is 0 Å². The molecule has 0 bridgehead atoms. The lowest BCUT2D eigenvalue weighted by molar-refractivity contribution is -0.0130. The molecule has 2 aliphatic rings. The molecule has 10 heteroatoms. The van der Waals surface area contributed by atoms with Gasteiger partial charge in [0.2, 0.25) is 5.78 Å². The van der Waals surface area contributed by atoms with Gasteiger partial charge in [-0.05, 0) is 51.3 Å². The van der Waals surface area contributed by atoms with Gasteiger partial charge in [-0.1, -0.05) is 12.1 Å². The van der Waals surface area contributed by atoms with Gasteiger partial charge in [-0.15, -0.1) is 0 Å². The fourth-order valence-corrected chi connectivity index (χ4v) is 4.51. The SMILES string of the molecule is O=C1c2c(O)cc(O)cc2O[C@H](c2ccc3c(c2)OC(c2ccc(O)c(Br)c2)C(CO)O3)[C@H]1O. The summed E-state index contributed by atoms with van der Waals surface area (Å²) in [5.41, 5.74) is 0.830. The summed E-state index contributed by atoms with van der Waals surface area (Å²) >= 11 is 3.26. The third-order valence-electron chi connectivity index (χ3n) is 5.77. The fourth-order valence-electron chi connectivity index (χ4n) is 4.11. The number of halogens is 1. The van der Waals surface area contributed by atoms with E-state index in [2.05, 4.69) is 15.9 Å². The molecule has 4 atom stereocenters. The predicted octanol–water partition coefficient (Wildman–Crippen LogP) is 3.12. The second-order valence-electron chi connectivity index (χ2n) is 7.98. The first-order valence-electron chi connectivity index (χ1n) is 10.3. The highest BCUT2D eigenvalue weighted by molar-refractivity contribution is 9.10. The predicted molar refractivity (Wildman–Crippen MR) is 121 cm³/mol. The highest BCUT2D eigenvalue weighted by Gasteiger charge is 2.40. The molecular weight excluding hydrogens is 512 g/mol. The molecule has 5 N–H and O–H groups in total. The van der Waals surface area contributed by atoms with E-state index in [0.717, 1.165) is 6.07 Å². The van der Waals surface area contributed by atoms with E-state index in [1.807, 2.05) is 0 Å². The van der Waals surface area contributed by atoms with E-state index in [9.17, 15) is 30.3 Å². The van der Waals surface area contributed by atoms with Gasteiger partial charge in [0.15, 0.2) is 35.9 Å². The van der Waals surface area contributed by atoms with Crippen LogP contribution in [-0.4, -0.2) is 50.1 Å². The monoisotopic (exact) mass is 530 g/mol. The van der Waals surface area contributed by atoms with Crippen LogP contribution in [0.15, 0.2) is 53.0 Å². The van der Waals surface area contributed by atoms with Gasteiger partial charge in [0.25, 0.3) is 0 Å². The molecule has 0 aromatic heterocycles. The second-order valence-corrected chi connectivity index (χ2v) is 8.83. The molecule has 2 unspecified atom stereocenters. The first-order valence-corrected chi connectivity index (χ1v) is 11.1. The largest absolute Gasteiger partial charge is 0.508 e. The standard InChI is InChI=1S/C24H19BrO9/c25-13-5-10(1-3-14(13)28)23-19(9-26)32-16-4-2-11(6-17(16)33-23)24-22(31)21(30)20-15(29)7-12(27)8-18(20)34-24/h1-8,19,22-24,26-29,31H,9H2/t19?,22-,23?,24+/m0/s1. The van der Waals surface area contributed by atoms with E-state index in [1.165, 1.54) is 12.1 Å². The van der Waals surface area contributed by atoms with Crippen molar-refractivity contribution >= 4 is 21.7 Å². The minimum atomic E-state index is -1.61. The number of hydrogen-bond donors (Lipinski definition) is 5. The van der Waals surface area contributed by atoms with Crippen molar-refractivity contribution in [2.24, 2.45) is 0 Å². The van der Waals surface area contributed by atoms with Crippen LogP contribution in [-0.2, 0) is 0 Å². The number of aliphatic hydroxyl groups excluding tert-OH is 2. The van der Waals surface area contributed by atoms with E-state index in [1.54, 1.807) is 30.3 Å². The summed E-state index contributed by atoms with van der Waals surface area (Å²) in [7, 11) is 0. The average Bonchev–Trinajstić information content (AvgIpc) is 2.81. The molecule has 5 rings (SSSR count). The van der Waals surface area contributed by atoms with Gasteiger partial charge in [0.05, 0.1) is 11.1 Å². The maximum absolute atomic E-state index is 12.7. The van der Waals surface area contributed by atoms with Crippen LogP contribution in [0.2, 0.25) is 0 Å². The topological polar surface area (TPSA) is 146 Å². The van der Waals surface area contributed by atoms with Crippen LogP contribution in [0, 0.1) is 0 Å². The van der Waals surface area contributed by atoms with Crippen molar-refractivity contribution in [3.63, 3.8) is 0 Å². The Morgan fingerprint density at radius 2 is 1.50 bits per heavy atom. The van der Waals surface area contributed by atoms with Crippen molar-refractivity contribution in [2.75, 3.05) is 6.61 Å². The maximum atomic E-state index is 12.7. The van der Waals surface area contributed by atoms with Crippen LogP contribution >= 0.6 is 15.9 Å². The van der Waals surface area contributed by atoms with E-state index in [-0.39, 0.29) is 29.4 Å². The summed E-state index contributed by atoms with van der Waals surface area (Å²) in [6, 6.07) is 11.7. The van der Waals surface area contributed by atoms with Crippen LogP contribution in [0.4, 0.5) is 0 Å². The van der Waals surface area contributed by atoms with Crippen LogP contribution in [0.1, 0.15) is 33.7 Å².